The number of hydrogen-bond donors (Lipinski definition) is 1. The molecule has 2 nitrogen and oxygen atoms in total. The van der Waals surface area contributed by atoms with E-state index in [2.05, 4.69) is 36.9 Å². The molecule has 2 unspecified atom stereocenters. The van der Waals surface area contributed by atoms with Crippen molar-refractivity contribution in [3.05, 3.63) is 34.9 Å². The van der Waals surface area contributed by atoms with Crippen molar-refractivity contribution in [2.75, 3.05) is 13.1 Å². The number of aliphatic hydroxyl groups is 1. The van der Waals surface area contributed by atoms with Crippen LogP contribution in [0.15, 0.2) is 18.2 Å². The highest BCUT2D eigenvalue weighted by Gasteiger charge is 2.42. The van der Waals surface area contributed by atoms with Gasteiger partial charge in [0.2, 0.25) is 0 Å². The van der Waals surface area contributed by atoms with Crippen molar-refractivity contribution < 1.29 is 5.11 Å². The summed E-state index contributed by atoms with van der Waals surface area (Å²) in [7, 11) is 0. The number of rotatable bonds is 2. The van der Waals surface area contributed by atoms with Crippen LogP contribution >= 0.6 is 0 Å². The Kier molecular flexibility index (Phi) is 3.87. The molecule has 0 bridgehead atoms. The first-order chi connectivity index (χ1) is 9.57. The molecular formula is C18H27NO. The van der Waals surface area contributed by atoms with Crippen molar-refractivity contribution in [3.63, 3.8) is 0 Å². The lowest BCUT2D eigenvalue weighted by atomic mass is 9.71. The molecule has 0 radical (unpaired) electrons. The average molecular weight is 273 g/mol. The van der Waals surface area contributed by atoms with E-state index in [9.17, 15) is 5.11 Å². The van der Waals surface area contributed by atoms with Crippen molar-refractivity contribution >= 4 is 0 Å². The molecule has 0 aromatic heterocycles. The third kappa shape index (κ3) is 2.77. The Morgan fingerprint density at radius 2 is 2.05 bits per heavy atom. The summed E-state index contributed by atoms with van der Waals surface area (Å²) in [6.45, 7) is 7.51. The van der Waals surface area contributed by atoms with E-state index in [1.807, 2.05) is 0 Å². The van der Waals surface area contributed by atoms with Gasteiger partial charge in [0.05, 0.1) is 5.60 Å². The molecule has 0 amide bonds. The van der Waals surface area contributed by atoms with E-state index in [4.69, 9.17) is 0 Å². The molecular weight excluding hydrogens is 246 g/mol. The molecule has 1 heterocycles. The van der Waals surface area contributed by atoms with E-state index in [-0.39, 0.29) is 5.60 Å². The fourth-order valence-corrected chi connectivity index (χ4v) is 3.94. The van der Waals surface area contributed by atoms with E-state index in [1.165, 1.54) is 36.0 Å². The van der Waals surface area contributed by atoms with Crippen LogP contribution in [0.1, 0.15) is 48.8 Å². The quantitative estimate of drug-likeness (QED) is 0.892. The van der Waals surface area contributed by atoms with Gasteiger partial charge in [0.1, 0.15) is 0 Å². The number of nitrogens with zero attached hydrogens (tertiary/aromatic N) is 1. The number of aryl methyl sites for hydroxylation is 2. The van der Waals surface area contributed by atoms with Crippen LogP contribution in [0.25, 0.3) is 0 Å². The number of likely N-dealkylation sites (tertiary alicyclic amines) is 1. The van der Waals surface area contributed by atoms with E-state index in [1.54, 1.807) is 0 Å². The Hall–Kier alpha value is -0.860. The first kappa shape index (κ1) is 14.1. The Bertz CT molecular complexity index is 484. The molecule has 1 aromatic carbocycles. The van der Waals surface area contributed by atoms with E-state index < -0.39 is 0 Å². The van der Waals surface area contributed by atoms with Crippen molar-refractivity contribution in [1.82, 2.24) is 4.90 Å². The van der Waals surface area contributed by atoms with E-state index in [0.29, 0.717) is 5.92 Å². The summed E-state index contributed by atoms with van der Waals surface area (Å²) in [6.07, 6.45) is 5.70. The van der Waals surface area contributed by atoms with Crippen LogP contribution in [0, 0.1) is 19.8 Å². The predicted octanol–water partition coefficient (Wildman–Crippen LogP) is 3.43. The van der Waals surface area contributed by atoms with Crippen molar-refractivity contribution in [2.24, 2.45) is 5.92 Å². The highest BCUT2D eigenvalue weighted by Crippen LogP contribution is 2.40. The largest absolute Gasteiger partial charge is 0.390 e. The third-order valence-corrected chi connectivity index (χ3v) is 5.49. The highest BCUT2D eigenvalue weighted by molar-refractivity contribution is 5.29. The summed E-state index contributed by atoms with van der Waals surface area (Å²) in [5.41, 5.74) is 3.81. The van der Waals surface area contributed by atoms with Crippen molar-refractivity contribution in [1.29, 1.82) is 0 Å². The van der Waals surface area contributed by atoms with Crippen LogP contribution in [0.3, 0.4) is 0 Å². The second-order valence-corrected chi connectivity index (χ2v) is 6.95. The van der Waals surface area contributed by atoms with E-state index in [0.717, 1.165) is 32.5 Å². The lowest BCUT2D eigenvalue weighted by Gasteiger charge is -2.47. The van der Waals surface area contributed by atoms with Gasteiger partial charge in [0, 0.05) is 25.6 Å². The SMILES string of the molecule is Cc1ccc(CN2CCC3(O)CCCCC3C2)cc1C. The van der Waals surface area contributed by atoms with Gasteiger partial charge < -0.3 is 5.11 Å². The normalized spacial score (nSPS) is 31.1. The summed E-state index contributed by atoms with van der Waals surface area (Å²) in [5.74, 6) is 0.497. The Labute approximate surface area is 122 Å². The molecule has 110 valence electrons. The Morgan fingerprint density at radius 1 is 1.20 bits per heavy atom. The molecule has 1 saturated heterocycles. The number of piperidine rings is 1. The maximum atomic E-state index is 10.7. The Morgan fingerprint density at radius 3 is 2.85 bits per heavy atom. The molecule has 1 aliphatic heterocycles. The summed E-state index contributed by atoms with van der Waals surface area (Å²) in [4.78, 5) is 2.54. The molecule has 1 aromatic rings. The zero-order chi connectivity index (χ0) is 14.2. The maximum absolute atomic E-state index is 10.7. The van der Waals surface area contributed by atoms with Gasteiger partial charge in [-0.3, -0.25) is 4.90 Å². The van der Waals surface area contributed by atoms with Gasteiger partial charge in [-0.1, -0.05) is 31.0 Å². The van der Waals surface area contributed by atoms with Gasteiger partial charge in [0.25, 0.3) is 0 Å². The number of fused-ring (bicyclic) bond motifs is 1. The second-order valence-electron chi connectivity index (χ2n) is 6.95. The minimum absolute atomic E-state index is 0.349. The van der Waals surface area contributed by atoms with Gasteiger partial charge in [0.15, 0.2) is 0 Å². The van der Waals surface area contributed by atoms with Crippen molar-refractivity contribution in [2.45, 2.75) is 58.1 Å². The summed E-state index contributed by atoms with van der Waals surface area (Å²) >= 11 is 0. The fraction of sp³-hybridized carbons (Fsp3) is 0.667. The topological polar surface area (TPSA) is 23.5 Å². The van der Waals surface area contributed by atoms with Gasteiger partial charge in [-0.2, -0.15) is 0 Å². The average Bonchev–Trinajstić information content (AvgIpc) is 2.43. The molecule has 2 fully saturated rings. The molecule has 1 aliphatic carbocycles. The summed E-state index contributed by atoms with van der Waals surface area (Å²) in [5, 5.41) is 10.7. The van der Waals surface area contributed by atoms with Crippen LogP contribution in [0.5, 0.6) is 0 Å². The summed E-state index contributed by atoms with van der Waals surface area (Å²) in [6, 6.07) is 6.80. The van der Waals surface area contributed by atoms with Crippen LogP contribution in [0.4, 0.5) is 0 Å². The van der Waals surface area contributed by atoms with Crippen molar-refractivity contribution in [3.8, 4) is 0 Å². The smallest absolute Gasteiger partial charge is 0.0700 e. The lowest BCUT2D eigenvalue weighted by molar-refractivity contribution is -0.0967. The molecule has 0 spiro atoms. The molecule has 20 heavy (non-hydrogen) atoms. The number of hydrogen-bond acceptors (Lipinski definition) is 2. The Balaban J connectivity index is 1.66. The van der Waals surface area contributed by atoms with Gasteiger partial charge in [-0.15, -0.1) is 0 Å². The van der Waals surface area contributed by atoms with Crippen LogP contribution in [-0.2, 0) is 6.54 Å². The summed E-state index contributed by atoms with van der Waals surface area (Å²) < 4.78 is 0. The molecule has 2 aliphatic rings. The third-order valence-electron chi connectivity index (χ3n) is 5.49. The van der Waals surface area contributed by atoms with Crippen LogP contribution in [-0.4, -0.2) is 28.7 Å². The zero-order valence-electron chi connectivity index (χ0n) is 12.9. The molecule has 1 saturated carbocycles. The van der Waals surface area contributed by atoms with Crippen LogP contribution < -0.4 is 0 Å². The van der Waals surface area contributed by atoms with Gasteiger partial charge >= 0.3 is 0 Å². The first-order valence-corrected chi connectivity index (χ1v) is 8.08. The minimum Gasteiger partial charge on any atom is -0.390 e. The molecule has 1 N–H and O–H groups in total. The molecule has 2 heteroatoms. The molecule has 2 atom stereocenters. The monoisotopic (exact) mass is 273 g/mol. The zero-order valence-corrected chi connectivity index (χ0v) is 12.9. The number of benzene rings is 1. The minimum atomic E-state index is -0.349. The fourth-order valence-electron chi connectivity index (χ4n) is 3.94. The highest BCUT2D eigenvalue weighted by atomic mass is 16.3. The first-order valence-electron chi connectivity index (χ1n) is 8.08. The van der Waals surface area contributed by atoms with Gasteiger partial charge in [-0.25, -0.2) is 0 Å². The predicted molar refractivity (Wildman–Crippen MR) is 82.7 cm³/mol. The standard InChI is InChI=1S/C18H27NO/c1-14-6-7-16(11-15(14)2)12-19-10-9-18(20)8-4-3-5-17(18)13-19/h6-7,11,17,20H,3-5,8-10,12-13H2,1-2H3. The van der Waals surface area contributed by atoms with Gasteiger partial charge in [-0.05, 0) is 49.8 Å². The van der Waals surface area contributed by atoms with E-state index >= 15 is 0 Å². The molecule has 3 rings (SSSR count). The lowest BCUT2D eigenvalue weighted by Crippen LogP contribution is -2.52. The van der Waals surface area contributed by atoms with Crippen LogP contribution in [0.2, 0.25) is 0 Å². The second kappa shape index (κ2) is 5.50. The maximum Gasteiger partial charge on any atom is 0.0700 e.